The van der Waals surface area contributed by atoms with Gasteiger partial charge in [-0.15, -0.1) is 0 Å². The minimum absolute atomic E-state index is 0.0416. The maximum absolute atomic E-state index is 13.4. The summed E-state index contributed by atoms with van der Waals surface area (Å²) in [6.45, 7) is 2.37. The smallest absolute Gasteiger partial charge is 0.333 e. The first-order chi connectivity index (χ1) is 8.18. The molecule has 1 rings (SSSR count). The summed E-state index contributed by atoms with van der Waals surface area (Å²) in [5.74, 6) is -2.75. The molecule has 0 aromatic heterocycles. The number of aliphatic carboxylic acids is 1. The van der Waals surface area contributed by atoms with Gasteiger partial charge in [-0.1, -0.05) is 23.2 Å². The van der Waals surface area contributed by atoms with Gasteiger partial charge in [-0.25, -0.2) is 9.18 Å². The minimum atomic E-state index is -1.83. The number of carbonyl (C=O) groups is 2. The van der Waals surface area contributed by atoms with Gasteiger partial charge in [-0.05, 0) is 19.1 Å². The lowest BCUT2D eigenvalue weighted by molar-refractivity contribution is -0.147. The maximum Gasteiger partial charge on any atom is 0.333 e. The highest BCUT2D eigenvalue weighted by Crippen LogP contribution is 2.32. The quantitative estimate of drug-likeness (QED) is 0.842. The third-order valence-corrected chi connectivity index (χ3v) is 3.00. The summed E-state index contributed by atoms with van der Waals surface area (Å²) < 4.78 is 13.4. The normalized spacial score (nSPS) is 13.8. The monoisotopic (exact) mass is 293 g/mol. The highest BCUT2D eigenvalue weighted by Gasteiger charge is 2.38. The summed E-state index contributed by atoms with van der Waals surface area (Å²) >= 11 is 11.4. The molecular formula is C11H10Cl2FNO3. The molecule has 1 amide bonds. The zero-order valence-corrected chi connectivity index (χ0v) is 11.1. The van der Waals surface area contributed by atoms with E-state index in [0.717, 1.165) is 19.1 Å². The van der Waals surface area contributed by atoms with E-state index in [1.807, 2.05) is 0 Å². The first kappa shape index (κ1) is 14.7. The van der Waals surface area contributed by atoms with Gasteiger partial charge in [-0.3, -0.25) is 4.79 Å². The number of benzene rings is 1. The predicted molar refractivity (Wildman–Crippen MR) is 65.2 cm³/mol. The van der Waals surface area contributed by atoms with E-state index in [1.165, 1.54) is 6.92 Å². The molecule has 4 nitrogen and oxygen atoms in total. The van der Waals surface area contributed by atoms with Crippen molar-refractivity contribution < 1.29 is 19.1 Å². The van der Waals surface area contributed by atoms with Crippen LogP contribution in [0.5, 0.6) is 0 Å². The number of carbonyl (C=O) groups excluding carboxylic acids is 1. The Kier molecular flexibility index (Phi) is 4.19. The number of amides is 1. The summed E-state index contributed by atoms with van der Waals surface area (Å²) in [7, 11) is 0. The third-order valence-electron chi connectivity index (χ3n) is 2.40. The summed E-state index contributed by atoms with van der Waals surface area (Å²) in [4.78, 5) is 22.3. The van der Waals surface area contributed by atoms with E-state index in [1.54, 1.807) is 0 Å². The number of hydrogen-bond acceptors (Lipinski definition) is 2. The van der Waals surface area contributed by atoms with E-state index < -0.39 is 23.2 Å². The van der Waals surface area contributed by atoms with Crippen LogP contribution in [0.3, 0.4) is 0 Å². The van der Waals surface area contributed by atoms with Crippen LogP contribution in [0.25, 0.3) is 0 Å². The van der Waals surface area contributed by atoms with Gasteiger partial charge in [0.25, 0.3) is 0 Å². The number of halogens is 3. The Hall–Kier alpha value is -1.33. The van der Waals surface area contributed by atoms with E-state index in [0.29, 0.717) is 0 Å². The molecule has 0 heterocycles. The second-order valence-corrected chi connectivity index (χ2v) is 4.67. The van der Waals surface area contributed by atoms with Gasteiger partial charge in [0, 0.05) is 17.5 Å². The van der Waals surface area contributed by atoms with Crippen molar-refractivity contribution in [1.29, 1.82) is 0 Å². The van der Waals surface area contributed by atoms with Gasteiger partial charge in [0.05, 0.1) is 5.02 Å². The van der Waals surface area contributed by atoms with Crippen LogP contribution in [0.2, 0.25) is 10.0 Å². The lowest BCUT2D eigenvalue weighted by atomic mass is 9.91. The Morgan fingerprint density at radius 2 is 1.89 bits per heavy atom. The van der Waals surface area contributed by atoms with E-state index in [2.05, 4.69) is 5.32 Å². The average molecular weight is 294 g/mol. The summed E-state index contributed by atoms with van der Waals surface area (Å²) in [5, 5.41) is 11.2. The number of rotatable bonds is 3. The molecule has 0 spiro atoms. The highest BCUT2D eigenvalue weighted by atomic mass is 35.5. The molecule has 7 heteroatoms. The molecule has 0 aliphatic heterocycles. The van der Waals surface area contributed by atoms with E-state index >= 15 is 0 Å². The Balaban J connectivity index is 3.43. The lowest BCUT2D eigenvalue weighted by Gasteiger charge is -2.27. The fourth-order valence-corrected chi connectivity index (χ4v) is 2.07. The molecule has 0 saturated heterocycles. The van der Waals surface area contributed by atoms with Crippen LogP contribution in [0.1, 0.15) is 19.4 Å². The van der Waals surface area contributed by atoms with Crippen LogP contribution in [0, 0.1) is 5.82 Å². The predicted octanol–water partition coefficient (Wildman–Crippen LogP) is 2.57. The lowest BCUT2D eigenvalue weighted by Crippen LogP contribution is -2.49. The molecule has 1 atom stereocenters. The Labute approximate surface area is 113 Å². The molecule has 0 saturated carbocycles. The SMILES string of the molecule is CC(=O)NC(C)(C(=O)O)c1cc(F)c(Cl)cc1Cl. The molecule has 98 valence electrons. The largest absolute Gasteiger partial charge is 0.479 e. The van der Waals surface area contributed by atoms with Crippen LogP contribution in [-0.2, 0) is 15.1 Å². The zero-order valence-electron chi connectivity index (χ0n) is 9.55. The van der Waals surface area contributed by atoms with Crippen molar-refractivity contribution >= 4 is 35.1 Å². The van der Waals surface area contributed by atoms with Gasteiger partial charge in [0.15, 0.2) is 5.54 Å². The number of nitrogens with one attached hydrogen (secondary N) is 1. The summed E-state index contributed by atoms with van der Waals surface area (Å²) in [6, 6.07) is 1.99. The molecule has 0 aliphatic carbocycles. The van der Waals surface area contributed by atoms with Crippen molar-refractivity contribution in [3.05, 3.63) is 33.6 Å². The summed E-state index contributed by atoms with van der Waals surface area (Å²) in [5.41, 5.74) is -1.90. The Morgan fingerprint density at radius 1 is 1.33 bits per heavy atom. The van der Waals surface area contributed by atoms with Crippen LogP contribution in [0.4, 0.5) is 4.39 Å². The van der Waals surface area contributed by atoms with Crippen molar-refractivity contribution in [2.45, 2.75) is 19.4 Å². The third kappa shape index (κ3) is 2.73. The fourth-order valence-electron chi connectivity index (χ4n) is 1.49. The average Bonchev–Trinajstić information content (AvgIpc) is 2.21. The molecule has 18 heavy (non-hydrogen) atoms. The maximum atomic E-state index is 13.4. The van der Waals surface area contributed by atoms with Gasteiger partial charge in [0.2, 0.25) is 5.91 Å². The van der Waals surface area contributed by atoms with Crippen LogP contribution >= 0.6 is 23.2 Å². The molecule has 0 radical (unpaired) electrons. The molecular weight excluding hydrogens is 284 g/mol. The second-order valence-electron chi connectivity index (χ2n) is 3.86. The van der Waals surface area contributed by atoms with Crippen molar-refractivity contribution in [2.75, 3.05) is 0 Å². The molecule has 1 aromatic rings. The number of carboxylic acids is 1. The van der Waals surface area contributed by atoms with Gasteiger partial charge < -0.3 is 10.4 Å². The van der Waals surface area contributed by atoms with E-state index in [9.17, 15) is 19.1 Å². The minimum Gasteiger partial charge on any atom is -0.479 e. The van der Waals surface area contributed by atoms with Crippen molar-refractivity contribution in [1.82, 2.24) is 5.32 Å². The zero-order chi connectivity index (χ0) is 14.1. The topological polar surface area (TPSA) is 66.4 Å². The van der Waals surface area contributed by atoms with Crippen molar-refractivity contribution in [3.63, 3.8) is 0 Å². The van der Waals surface area contributed by atoms with Gasteiger partial charge in [0.1, 0.15) is 5.82 Å². The van der Waals surface area contributed by atoms with Gasteiger partial charge in [-0.2, -0.15) is 0 Å². The Morgan fingerprint density at radius 3 is 2.33 bits per heavy atom. The fraction of sp³-hybridized carbons (Fsp3) is 0.273. The van der Waals surface area contributed by atoms with E-state index in [-0.39, 0.29) is 15.6 Å². The second kappa shape index (κ2) is 5.12. The Bertz CT molecular complexity index is 521. The molecule has 0 aliphatic rings. The van der Waals surface area contributed by atoms with Gasteiger partial charge >= 0.3 is 5.97 Å². The molecule has 1 aromatic carbocycles. The van der Waals surface area contributed by atoms with E-state index in [4.69, 9.17) is 23.2 Å². The molecule has 0 bridgehead atoms. The number of carboxylic acid groups (broad SMARTS) is 1. The van der Waals surface area contributed by atoms with Crippen molar-refractivity contribution in [2.24, 2.45) is 0 Å². The standard InChI is InChI=1S/C11H10Cl2FNO3/c1-5(16)15-11(2,10(17)18)6-3-9(14)8(13)4-7(6)12/h3-4H,1-2H3,(H,15,16)(H,17,18). The number of hydrogen-bond donors (Lipinski definition) is 2. The summed E-state index contributed by atoms with van der Waals surface area (Å²) in [6.07, 6.45) is 0. The molecule has 0 fully saturated rings. The van der Waals surface area contributed by atoms with Crippen LogP contribution in [-0.4, -0.2) is 17.0 Å². The highest BCUT2D eigenvalue weighted by molar-refractivity contribution is 6.35. The molecule has 2 N–H and O–H groups in total. The first-order valence-electron chi connectivity index (χ1n) is 4.85. The van der Waals surface area contributed by atoms with Crippen LogP contribution in [0.15, 0.2) is 12.1 Å². The van der Waals surface area contributed by atoms with Crippen molar-refractivity contribution in [3.8, 4) is 0 Å². The first-order valence-corrected chi connectivity index (χ1v) is 5.61. The van der Waals surface area contributed by atoms with Crippen LogP contribution < -0.4 is 5.32 Å². The molecule has 1 unspecified atom stereocenters.